The van der Waals surface area contributed by atoms with Gasteiger partial charge in [0.05, 0.1) is 22.3 Å². The number of aryl methyl sites for hydroxylation is 4. The summed E-state index contributed by atoms with van der Waals surface area (Å²) < 4.78 is 32.1. The highest BCUT2D eigenvalue weighted by Crippen LogP contribution is 2.51. The van der Waals surface area contributed by atoms with Crippen molar-refractivity contribution in [2.45, 2.75) is 103 Å². The second-order valence-electron chi connectivity index (χ2n) is 23.7. The summed E-state index contributed by atoms with van der Waals surface area (Å²) in [6.07, 6.45) is 17.2. The predicted molar refractivity (Wildman–Crippen MR) is 319 cm³/mol. The number of rotatable bonds is 11. The molecule has 0 N–H and O–H groups in total. The van der Waals surface area contributed by atoms with Crippen molar-refractivity contribution in [3.05, 3.63) is 172 Å². The Labute approximate surface area is 475 Å². The van der Waals surface area contributed by atoms with E-state index in [1.165, 1.54) is 66.6 Å². The van der Waals surface area contributed by atoms with Crippen LogP contribution in [0.25, 0.3) is 11.1 Å². The Kier molecular flexibility index (Phi) is 12.4. The van der Waals surface area contributed by atoms with E-state index < -0.39 is 0 Å². The third kappa shape index (κ3) is 8.02. The SMILES string of the molecule is O=C(OCCSSCCOC(=O)c1ccccc1C1=c2cc3c4c(c2Oc2c1cc1c5c2CCCN5CCC1)CCC[N+]=4CCC3)c1ccccc1C1=c2cc3c4c(c2Oc2c1cc1c5c2CCCN5CCC1)CCC[N+]=4CCC3. The zero-order valence-electron chi connectivity index (χ0n) is 45.8. The predicted octanol–water partition coefficient (Wildman–Crippen LogP) is 8.95. The van der Waals surface area contributed by atoms with E-state index in [9.17, 15) is 9.59 Å². The lowest BCUT2D eigenvalue weighted by molar-refractivity contribution is 0.0520. The lowest BCUT2D eigenvalue weighted by Gasteiger charge is -2.39. The molecule has 80 heavy (non-hydrogen) atoms. The van der Waals surface area contributed by atoms with Gasteiger partial charge in [-0.25, -0.2) is 18.7 Å². The second kappa shape index (κ2) is 20.2. The molecule has 0 unspecified atom stereocenters. The van der Waals surface area contributed by atoms with Gasteiger partial charge in [-0.15, -0.1) is 0 Å². The van der Waals surface area contributed by atoms with E-state index in [4.69, 9.17) is 18.9 Å². The van der Waals surface area contributed by atoms with Crippen LogP contribution in [0.5, 0.6) is 23.0 Å². The molecule has 0 fully saturated rings. The van der Waals surface area contributed by atoms with E-state index in [2.05, 4.69) is 67.5 Å². The molecule has 406 valence electrons. The highest BCUT2D eigenvalue weighted by Gasteiger charge is 2.39. The van der Waals surface area contributed by atoms with Gasteiger partial charge in [0.2, 0.25) is 10.7 Å². The van der Waals surface area contributed by atoms with Gasteiger partial charge in [0.1, 0.15) is 62.4 Å². The van der Waals surface area contributed by atoms with Crippen LogP contribution in [0.2, 0.25) is 0 Å². The molecule has 0 atom stereocenters. The first-order valence-electron chi connectivity index (χ1n) is 30.2. The number of hydrogen-bond donors (Lipinski definition) is 0. The van der Waals surface area contributed by atoms with E-state index in [1.54, 1.807) is 21.6 Å². The minimum Gasteiger partial charge on any atom is -0.461 e. The van der Waals surface area contributed by atoms with E-state index in [0.29, 0.717) is 22.6 Å². The van der Waals surface area contributed by atoms with Gasteiger partial charge < -0.3 is 28.7 Å². The van der Waals surface area contributed by atoms with Crippen LogP contribution in [-0.2, 0) is 60.8 Å². The van der Waals surface area contributed by atoms with Crippen LogP contribution < -0.4 is 49.6 Å². The summed E-state index contributed by atoms with van der Waals surface area (Å²) in [6.45, 7) is 9.29. The average Bonchev–Trinajstić information content (AvgIpc) is 3.66. The molecule has 10 aliphatic heterocycles. The number of carbonyl (C=O) groups is 2. The lowest BCUT2D eigenvalue weighted by atomic mass is 9.82. The first-order chi connectivity index (χ1) is 39.5. The number of ether oxygens (including phenoxy) is 4. The molecular weight excluding hydrogens is 1030 g/mol. The highest BCUT2D eigenvalue weighted by molar-refractivity contribution is 8.76. The van der Waals surface area contributed by atoms with Crippen molar-refractivity contribution in [3.8, 4) is 23.0 Å². The van der Waals surface area contributed by atoms with Gasteiger partial charge in [-0.1, -0.05) is 58.0 Å². The van der Waals surface area contributed by atoms with Crippen molar-refractivity contribution < 1.29 is 28.5 Å². The largest absolute Gasteiger partial charge is 0.461 e. The fourth-order valence-electron chi connectivity index (χ4n) is 16.0. The Balaban J connectivity index is 0.639. The topological polar surface area (TPSA) is 83.6 Å². The molecule has 0 bridgehead atoms. The van der Waals surface area contributed by atoms with Crippen LogP contribution in [0.4, 0.5) is 11.4 Å². The summed E-state index contributed by atoms with van der Waals surface area (Å²) in [6, 6.07) is 25.8. The maximum atomic E-state index is 14.4. The summed E-state index contributed by atoms with van der Waals surface area (Å²) in [7, 11) is 3.28. The molecule has 12 heteroatoms. The van der Waals surface area contributed by atoms with Crippen LogP contribution in [-0.4, -0.2) is 89.0 Å². The van der Waals surface area contributed by atoms with Crippen molar-refractivity contribution in [2.24, 2.45) is 0 Å². The van der Waals surface area contributed by atoms with Crippen LogP contribution >= 0.6 is 21.6 Å². The van der Waals surface area contributed by atoms with Crippen LogP contribution in [0.3, 0.4) is 0 Å². The summed E-state index contributed by atoms with van der Waals surface area (Å²) in [5.74, 6) is 4.53. The second-order valence-corrected chi connectivity index (χ2v) is 26.4. The van der Waals surface area contributed by atoms with E-state index in [1.807, 2.05) is 24.3 Å². The smallest absolute Gasteiger partial charge is 0.338 e. The van der Waals surface area contributed by atoms with E-state index >= 15 is 0 Å². The van der Waals surface area contributed by atoms with Crippen molar-refractivity contribution in [1.82, 2.24) is 9.15 Å². The van der Waals surface area contributed by atoms with Gasteiger partial charge >= 0.3 is 11.9 Å². The van der Waals surface area contributed by atoms with E-state index in [0.717, 1.165) is 222 Å². The number of carbonyl (C=O) groups excluding carboxylic acids is 2. The minimum atomic E-state index is -0.313. The highest BCUT2D eigenvalue weighted by atomic mass is 33.1. The maximum absolute atomic E-state index is 14.4. The number of hydrogen-bond acceptors (Lipinski definition) is 10. The zero-order valence-corrected chi connectivity index (χ0v) is 47.4. The fourth-order valence-corrected chi connectivity index (χ4v) is 17.6. The standard InChI is InChI=1S/C68H68N4O6S2/c73-67(47-19-3-1-17-45(47)57-53-37-41-13-5-25-69-29-9-21-49(59(41)69)63(53)77-64-50-22-10-30-70-26-6-14-42(60(50)70)38-54(57)64)75-33-35-79-80-36-34-76-68(74)48-20-4-2-18-46(48)58-55-39-43-15-7-27-71-31-11-23-51(61(43)71)65(55)78-66-52-24-12-32-72-28-8-16-44(62(52)72)40-56(58)66/h1-4,17-20,37-40H,5-16,21-36H2/q+2. The van der Waals surface area contributed by atoms with Gasteiger partial charge in [-0.05, 0) is 136 Å². The molecule has 10 heterocycles. The molecule has 0 saturated heterocycles. The van der Waals surface area contributed by atoms with Gasteiger partial charge in [0.25, 0.3) is 0 Å². The van der Waals surface area contributed by atoms with Crippen molar-refractivity contribution in [3.63, 3.8) is 0 Å². The molecule has 10 aliphatic rings. The Bertz CT molecular complexity index is 3690. The molecule has 16 rings (SSSR count). The number of esters is 2. The summed E-state index contributed by atoms with van der Waals surface area (Å²) in [4.78, 5) is 34.0. The first-order valence-corrected chi connectivity index (χ1v) is 32.7. The third-order valence-corrected chi connectivity index (χ3v) is 21.4. The van der Waals surface area contributed by atoms with Crippen LogP contribution in [0, 0.1) is 0 Å². The number of benzene rings is 6. The van der Waals surface area contributed by atoms with E-state index in [-0.39, 0.29) is 25.2 Å². The Hall–Kier alpha value is -6.50. The average molecular weight is 1100 g/mol. The van der Waals surface area contributed by atoms with Crippen LogP contribution in [0.1, 0.15) is 139 Å². The molecule has 0 aliphatic carbocycles. The number of fused-ring (bicyclic) bond motifs is 8. The molecule has 0 saturated carbocycles. The lowest BCUT2D eigenvalue weighted by Crippen LogP contribution is -2.45. The van der Waals surface area contributed by atoms with Crippen molar-refractivity contribution in [2.75, 3.05) is 86.9 Å². The maximum Gasteiger partial charge on any atom is 0.338 e. The molecule has 10 nitrogen and oxygen atoms in total. The monoisotopic (exact) mass is 1100 g/mol. The number of nitrogens with zero attached hydrogens (tertiary/aromatic N) is 4. The first kappa shape index (κ1) is 49.3. The molecule has 0 radical (unpaired) electrons. The van der Waals surface area contributed by atoms with Gasteiger partial charge in [0, 0.05) is 130 Å². The number of anilines is 2. The fraction of sp³-hybridized carbons (Fsp3) is 0.412. The molecule has 0 amide bonds. The van der Waals surface area contributed by atoms with Crippen molar-refractivity contribution >= 4 is 56.0 Å². The molecule has 6 aromatic rings. The Morgan fingerprint density at radius 2 is 0.850 bits per heavy atom. The van der Waals surface area contributed by atoms with Crippen molar-refractivity contribution in [1.29, 1.82) is 0 Å². The Morgan fingerprint density at radius 1 is 0.450 bits per heavy atom. The minimum absolute atomic E-state index is 0.266. The van der Waals surface area contributed by atoms with Gasteiger partial charge in [-0.3, -0.25) is 0 Å². The molecule has 0 aromatic heterocycles. The normalized spacial score (nSPS) is 18.5. The summed E-state index contributed by atoms with van der Waals surface area (Å²) in [5, 5.41) is 5.00. The molecule has 6 aromatic carbocycles. The van der Waals surface area contributed by atoms with Crippen LogP contribution in [0.15, 0.2) is 72.8 Å². The third-order valence-electron chi connectivity index (χ3n) is 19.1. The van der Waals surface area contributed by atoms with Gasteiger partial charge in [0.15, 0.2) is 0 Å². The molecule has 0 spiro atoms. The zero-order chi connectivity index (χ0) is 53.0. The quantitative estimate of drug-likeness (QED) is 0.0543. The summed E-state index contributed by atoms with van der Waals surface area (Å²) in [5.41, 5.74) is 21.1. The Morgan fingerprint density at radius 3 is 1.31 bits per heavy atom. The van der Waals surface area contributed by atoms with Gasteiger partial charge in [-0.2, -0.15) is 0 Å². The summed E-state index contributed by atoms with van der Waals surface area (Å²) >= 11 is 0. The molecular formula is C68H68N4O6S2+2.